The summed E-state index contributed by atoms with van der Waals surface area (Å²) >= 11 is 0. The van der Waals surface area contributed by atoms with Crippen LogP contribution < -0.4 is 14.2 Å². The second-order valence-corrected chi connectivity index (χ2v) is 10.6. The first-order chi connectivity index (χ1) is 18.8. The minimum atomic E-state index is -0.859. The number of carboxylic acid groups (broad SMARTS) is 1. The molecule has 0 aromatic heterocycles. The zero-order chi connectivity index (χ0) is 27.5. The quantitative estimate of drug-likeness (QED) is 0.419. The maximum Gasteiger partial charge on any atom is 0.304 e. The van der Waals surface area contributed by atoms with Gasteiger partial charge in [0.2, 0.25) is 0 Å². The topological polar surface area (TPSA) is 74.2 Å². The van der Waals surface area contributed by atoms with Crippen molar-refractivity contribution in [1.29, 1.82) is 0 Å². The van der Waals surface area contributed by atoms with Crippen LogP contribution in [0, 0.1) is 13.8 Å². The molecule has 3 aliphatic rings. The van der Waals surface area contributed by atoms with Crippen molar-refractivity contribution in [3.63, 3.8) is 0 Å². The van der Waals surface area contributed by atoms with Crippen molar-refractivity contribution in [3.05, 3.63) is 82.7 Å². The largest absolute Gasteiger partial charge is 0.492 e. The molecule has 6 nitrogen and oxygen atoms in total. The second kappa shape index (κ2) is 11.7. The normalized spacial score (nSPS) is 25.7. The third-order valence-corrected chi connectivity index (χ3v) is 7.62. The minimum absolute atomic E-state index is 0.0160. The molecule has 0 spiro atoms. The van der Waals surface area contributed by atoms with Gasteiger partial charge in [-0.15, -0.1) is 0 Å². The first-order valence-electron chi connectivity index (χ1n) is 13.5. The van der Waals surface area contributed by atoms with E-state index in [2.05, 4.69) is 32.6 Å². The van der Waals surface area contributed by atoms with E-state index in [-0.39, 0.29) is 18.4 Å². The smallest absolute Gasteiger partial charge is 0.304 e. The number of hydrogen-bond donors (Lipinski definition) is 1. The van der Waals surface area contributed by atoms with Crippen molar-refractivity contribution in [2.45, 2.75) is 64.1 Å². The summed E-state index contributed by atoms with van der Waals surface area (Å²) < 4.78 is 38.7. The molecule has 0 bridgehead atoms. The van der Waals surface area contributed by atoms with E-state index in [1.165, 1.54) is 6.08 Å². The number of halogens is 1. The van der Waals surface area contributed by atoms with Crippen LogP contribution in [0.15, 0.2) is 60.5 Å². The summed E-state index contributed by atoms with van der Waals surface area (Å²) in [7, 11) is 0. The molecule has 0 amide bonds. The molecule has 39 heavy (non-hydrogen) atoms. The number of rotatable bonds is 7. The van der Waals surface area contributed by atoms with Gasteiger partial charge in [-0.1, -0.05) is 18.7 Å². The highest BCUT2D eigenvalue weighted by molar-refractivity contribution is 5.73. The molecule has 3 atom stereocenters. The van der Waals surface area contributed by atoms with Crippen LogP contribution >= 0.6 is 0 Å². The molecule has 0 unspecified atom stereocenters. The van der Waals surface area contributed by atoms with E-state index >= 15 is 4.39 Å². The molecule has 2 aromatic carbocycles. The molecule has 7 heteroatoms. The van der Waals surface area contributed by atoms with E-state index in [9.17, 15) is 4.79 Å². The third-order valence-electron chi connectivity index (χ3n) is 7.62. The highest BCUT2D eigenvalue weighted by Gasteiger charge is 2.28. The SMILES string of the molecule is C=C1/C(F)=C\C=C(\c2c(C)cc(O[C@@H]3CCOC3)cc2C)CCC[C@H]1Oc1ccc2c(c1)OC[C@H]2CC(=O)O. The molecule has 1 aliphatic carbocycles. The zero-order valence-corrected chi connectivity index (χ0v) is 22.5. The number of allylic oxidation sites excluding steroid dienone is 3. The number of carboxylic acids is 1. The number of hydrogen-bond acceptors (Lipinski definition) is 5. The Kier molecular flexibility index (Phi) is 8.07. The Hall–Kier alpha value is -3.58. The Bertz CT molecular complexity index is 1300. The number of benzene rings is 2. The van der Waals surface area contributed by atoms with E-state index in [1.54, 1.807) is 12.1 Å². The summed E-state index contributed by atoms with van der Waals surface area (Å²) in [6, 6.07) is 9.50. The van der Waals surface area contributed by atoms with Gasteiger partial charge in [-0.3, -0.25) is 4.79 Å². The summed E-state index contributed by atoms with van der Waals surface area (Å²) in [4.78, 5) is 11.1. The van der Waals surface area contributed by atoms with Crippen LogP contribution in [-0.2, 0) is 9.53 Å². The molecule has 0 saturated carbocycles. The fourth-order valence-corrected chi connectivity index (χ4v) is 5.68. The Balaban J connectivity index is 1.29. The van der Waals surface area contributed by atoms with E-state index in [0.29, 0.717) is 36.7 Å². The van der Waals surface area contributed by atoms with Crippen molar-refractivity contribution in [2.75, 3.05) is 19.8 Å². The summed E-state index contributed by atoms with van der Waals surface area (Å²) in [5.74, 6) is 0.555. The Morgan fingerprint density at radius 1 is 1.08 bits per heavy atom. The van der Waals surface area contributed by atoms with Crippen molar-refractivity contribution in [3.8, 4) is 17.2 Å². The molecule has 206 valence electrons. The Labute approximate surface area is 228 Å². The molecule has 1 N–H and O–H groups in total. The van der Waals surface area contributed by atoms with Crippen LogP contribution in [-0.4, -0.2) is 43.1 Å². The highest BCUT2D eigenvalue weighted by atomic mass is 19.1. The van der Waals surface area contributed by atoms with Gasteiger partial charge < -0.3 is 24.1 Å². The fraction of sp³-hybridized carbons (Fsp3) is 0.406. The lowest BCUT2D eigenvalue weighted by molar-refractivity contribution is -0.137. The Morgan fingerprint density at radius 3 is 2.59 bits per heavy atom. The van der Waals surface area contributed by atoms with E-state index in [1.807, 2.05) is 12.1 Å². The van der Waals surface area contributed by atoms with Gasteiger partial charge >= 0.3 is 5.97 Å². The Morgan fingerprint density at radius 2 is 1.87 bits per heavy atom. The summed E-state index contributed by atoms with van der Waals surface area (Å²) in [6.45, 7) is 9.81. The molecule has 2 heterocycles. The number of aryl methyl sites for hydroxylation is 2. The van der Waals surface area contributed by atoms with E-state index < -0.39 is 17.9 Å². The molecular formula is C32H35FO6. The van der Waals surface area contributed by atoms with Gasteiger partial charge in [0.05, 0.1) is 26.2 Å². The summed E-state index contributed by atoms with van der Waals surface area (Å²) in [5, 5.41) is 9.14. The van der Waals surface area contributed by atoms with Gasteiger partial charge in [-0.25, -0.2) is 4.39 Å². The number of aliphatic carboxylic acids is 1. The first kappa shape index (κ1) is 27.0. The van der Waals surface area contributed by atoms with Crippen LogP contribution in [0.25, 0.3) is 5.57 Å². The lowest BCUT2D eigenvalue weighted by atomic mass is 9.91. The average Bonchev–Trinajstić information content (AvgIpc) is 3.55. The number of ether oxygens (including phenoxy) is 4. The maximum atomic E-state index is 15.2. The van der Waals surface area contributed by atoms with Crippen molar-refractivity contribution in [2.24, 2.45) is 0 Å². The number of carbonyl (C=O) groups is 1. The van der Waals surface area contributed by atoms with Crippen LogP contribution in [0.1, 0.15) is 60.3 Å². The van der Waals surface area contributed by atoms with Crippen LogP contribution in [0.3, 0.4) is 0 Å². The molecule has 2 aromatic rings. The zero-order valence-electron chi connectivity index (χ0n) is 22.5. The van der Waals surface area contributed by atoms with Gasteiger partial charge in [-0.05, 0) is 79.6 Å². The average molecular weight is 535 g/mol. The summed E-state index contributed by atoms with van der Waals surface area (Å²) in [5.41, 5.74) is 5.53. The molecule has 5 rings (SSSR count). The standard InChI is InChI=1S/C32H35FO6/c1-19-13-26(38-25-11-12-36-18-25)14-20(2)32(19)22-5-4-6-29(21(3)28(33)10-7-22)39-24-8-9-27-23(15-31(34)35)17-37-30(27)16-24/h7-10,13-14,16,23,25,29H,3-6,11-12,15,17-18H2,1-2H3,(H,34,35)/b22-7+,28-10+/t23-,25-,29-/m1/s1. The predicted octanol–water partition coefficient (Wildman–Crippen LogP) is 6.85. The van der Waals surface area contributed by atoms with E-state index in [4.69, 9.17) is 24.1 Å². The molecule has 1 fully saturated rings. The van der Waals surface area contributed by atoms with Crippen molar-refractivity contribution < 1.29 is 33.2 Å². The molecular weight excluding hydrogens is 499 g/mol. The van der Waals surface area contributed by atoms with E-state index in [0.717, 1.165) is 59.4 Å². The summed E-state index contributed by atoms with van der Waals surface area (Å²) in [6.07, 6.45) is 5.95. The monoisotopic (exact) mass is 534 g/mol. The lowest BCUT2D eigenvalue weighted by Crippen LogP contribution is -2.19. The lowest BCUT2D eigenvalue weighted by Gasteiger charge is -2.21. The fourth-order valence-electron chi connectivity index (χ4n) is 5.68. The number of fused-ring (bicyclic) bond motifs is 1. The van der Waals surface area contributed by atoms with Gasteiger partial charge in [0.15, 0.2) is 0 Å². The molecule has 2 aliphatic heterocycles. The second-order valence-electron chi connectivity index (χ2n) is 10.6. The van der Waals surface area contributed by atoms with Gasteiger partial charge in [-0.2, -0.15) is 0 Å². The van der Waals surface area contributed by atoms with Gasteiger partial charge in [0, 0.05) is 29.5 Å². The van der Waals surface area contributed by atoms with Crippen molar-refractivity contribution >= 4 is 11.5 Å². The van der Waals surface area contributed by atoms with Gasteiger partial charge in [0.25, 0.3) is 0 Å². The molecule has 1 saturated heterocycles. The van der Waals surface area contributed by atoms with Crippen LogP contribution in [0.5, 0.6) is 17.2 Å². The third kappa shape index (κ3) is 6.19. The predicted molar refractivity (Wildman–Crippen MR) is 147 cm³/mol. The molecule has 0 radical (unpaired) electrons. The minimum Gasteiger partial charge on any atom is -0.492 e. The van der Waals surface area contributed by atoms with Crippen LogP contribution in [0.4, 0.5) is 4.39 Å². The van der Waals surface area contributed by atoms with Crippen molar-refractivity contribution in [1.82, 2.24) is 0 Å². The highest BCUT2D eigenvalue weighted by Crippen LogP contribution is 2.39. The maximum absolute atomic E-state index is 15.2. The van der Waals surface area contributed by atoms with Gasteiger partial charge in [0.1, 0.15) is 35.3 Å². The first-order valence-corrected chi connectivity index (χ1v) is 13.5. The van der Waals surface area contributed by atoms with Crippen LogP contribution in [0.2, 0.25) is 0 Å².